The standard InChI is InChI=1S/C27H28F2N4O5S.H2S/c1-5-22(34)31-8-9-32(16(3)12-31)26-20-10-15(2)23(19-7-6-17(28)11-21(19)29)25-24(20)33(27(35)30-26)18(13-38-4)14-39(25,36)37;/h5-7,10-11,16,18H,1,8-9,12-14H2,2-4H3;1H2/t16-,18-;/m0./s1. The molecule has 40 heavy (non-hydrogen) atoms. The molecule has 1 amide bonds. The molecular weight excluding hydrogens is 562 g/mol. The average molecular weight is 593 g/mol. The molecule has 3 heterocycles. The van der Waals surface area contributed by atoms with Gasteiger partial charge in [-0.15, -0.1) is 0 Å². The maximum absolute atomic E-state index is 15.0. The van der Waals surface area contributed by atoms with Crippen molar-refractivity contribution in [2.75, 3.05) is 44.0 Å². The summed E-state index contributed by atoms with van der Waals surface area (Å²) in [5.41, 5.74) is -0.128. The fourth-order valence-corrected chi connectivity index (χ4v) is 7.71. The highest BCUT2D eigenvalue weighted by Crippen LogP contribution is 2.44. The second-order valence-corrected chi connectivity index (χ2v) is 11.9. The van der Waals surface area contributed by atoms with E-state index in [1.807, 2.05) is 11.8 Å². The highest BCUT2D eigenvalue weighted by atomic mass is 32.2. The maximum atomic E-state index is 15.0. The Hall–Kier alpha value is -3.29. The Kier molecular flexibility index (Phi) is 8.12. The van der Waals surface area contributed by atoms with Gasteiger partial charge in [-0.1, -0.05) is 6.58 Å². The number of carbonyl (C=O) groups excluding carboxylic acids is 1. The summed E-state index contributed by atoms with van der Waals surface area (Å²) in [6, 6.07) is 3.56. The van der Waals surface area contributed by atoms with Gasteiger partial charge in [0.25, 0.3) is 0 Å². The molecule has 13 heteroatoms. The van der Waals surface area contributed by atoms with Crippen molar-refractivity contribution in [2.24, 2.45) is 0 Å². The van der Waals surface area contributed by atoms with Gasteiger partial charge in [0.1, 0.15) is 17.5 Å². The van der Waals surface area contributed by atoms with Crippen LogP contribution in [0.25, 0.3) is 22.0 Å². The van der Waals surface area contributed by atoms with E-state index in [1.54, 1.807) is 17.9 Å². The summed E-state index contributed by atoms with van der Waals surface area (Å²) in [7, 11) is -2.65. The van der Waals surface area contributed by atoms with E-state index in [2.05, 4.69) is 11.6 Å². The van der Waals surface area contributed by atoms with E-state index in [0.29, 0.717) is 36.7 Å². The first kappa shape index (κ1) is 29.7. The van der Waals surface area contributed by atoms with Gasteiger partial charge in [-0.25, -0.2) is 22.0 Å². The summed E-state index contributed by atoms with van der Waals surface area (Å²) in [5, 5.41) is 0.410. The van der Waals surface area contributed by atoms with Crippen LogP contribution in [0.4, 0.5) is 14.6 Å². The molecule has 0 N–H and O–H groups in total. The number of hydrogen-bond acceptors (Lipinski definition) is 7. The summed E-state index contributed by atoms with van der Waals surface area (Å²) >= 11 is 0. The van der Waals surface area contributed by atoms with Crippen molar-refractivity contribution in [3.63, 3.8) is 0 Å². The van der Waals surface area contributed by atoms with Crippen LogP contribution >= 0.6 is 13.5 Å². The first-order valence-corrected chi connectivity index (χ1v) is 14.1. The van der Waals surface area contributed by atoms with Crippen LogP contribution in [0.3, 0.4) is 0 Å². The number of piperazine rings is 1. The summed E-state index contributed by atoms with van der Waals surface area (Å²) in [4.78, 5) is 33.5. The van der Waals surface area contributed by atoms with Crippen molar-refractivity contribution in [3.8, 4) is 11.1 Å². The van der Waals surface area contributed by atoms with Crippen LogP contribution in [-0.2, 0) is 19.4 Å². The molecule has 2 aromatic carbocycles. The molecule has 0 aliphatic carbocycles. The molecule has 3 aromatic rings. The first-order chi connectivity index (χ1) is 18.5. The molecule has 2 atom stereocenters. The van der Waals surface area contributed by atoms with Crippen molar-refractivity contribution in [1.29, 1.82) is 0 Å². The van der Waals surface area contributed by atoms with Gasteiger partial charge in [0.05, 0.1) is 28.8 Å². The van der Waals surface area contributed by atoms with Gasteiger partial charge in [-0.3, -0.25) is 9.36 Å². The molecule has 1 saturated heterocycles. The normalized spacial score (nSPS) is 19.8. The van der Waals surface area contributed by atoms with E-state index < -0.39 is 39.0 Å². The number of amides is 1. The lowest BCUT2D eigenvalue weighted by Crippen LogP contribution is -2.54. The van der Waals surface area contributed by atoms with Crippen LogP contribution in [-0.4, -0.2) is 73.9 Å². The molecule has 2 aliphatic heterocycles. The van der Waals surface area contributed by atoms with Crippen LogP contribution < -0.4 is 10.6 Å². The lowest BCUT2D eigenvalue weighted by molar-refractivity contribution is -0.126. The van der Waals surface area contributed by atoms with Gasteiger partial charge >= 0.3 is 5.69 Å². The third-order valence-electron chi connectivity index (χ3n) is 7.38. The fraction of sp³-hybridized carbons (Fsp3) is 0.370. The number of aromatic nitrogens is 2. The second-order valence-electron chi connectivity index (χ2n) is 9.93. The van der Waals surface area contributed by atoms with Gasteiger partial charge in [0.15, 0.2) is 9.84 Å². The van der Waals surface area contributed by atoms with Gasteiger partial charge in [-0.05, 0) is 43.7 Å². The summed E-state index contributed by atoms with van der Waals surface area (Å²) in [6.45, 7) is 8.08. The largest absolute Gasteiger partial charge is 0.382 e. The van der Waals surface area contributed by atoms with Gasteiger partial charge in [0, 0.05) is 55.4 Å². The number of benzene rings is 2. The number of hydrogen-bond donors (Lipinski definition) is 0. The van der Waals surface area contributed by atoms with Crippen LogP contribution in [0.15, 0.2) is 46.6 Å². The molecule has 2 aliphatic rings. The van der Waals surface area contributed by atoms with Crippen LogP contribution in [0.1, 0.15) is 18.5 Å². The number of rotatable bonds is 5. The van der Waals surface area contributed by atoms with Crippen molar-refractivity contribution >= 4 is 46.0 Å². The van der Waals surface area contributed by atoms with Crippen molar-refractivity contribution in [3.05, 3.63) is 64.6 Å². The van der Waals surface area contributed by atoms with Crippen molar-refractivity contribution in [1.82, 2.24) is 14.5 Å². The molecule has 0 unspecified atom stereocenters. The highest BCUT2D eigenvalue weighted by molar-refractivity contribution is 7.91. The molecule has 0 bridgehead atoms. The SMILES string of the molecule is C=CC(=O)N1CCN(c2nc(=O)n3c4c(c(-c5ccc(F)cc5F)c(C)cc24)S(=O)(=O)C[C@@H]3COC)[C@@H](C)C1.S. The number of methoxy groups -OCH3 is 1. The van der Waals surface area contributed by atoms with E-state index in [9.17, 15) is 22.4 Å². The quantitative estimate of drug-likeness (QED) is 0.420. The minimum Gasteiger partial charge on any atom is -0.382 e. The lowest BCUT2D eigenvalue weighted by Gasteiger charge is -2.41. The van der Waals surface area contributed by atoms with E-state index in [4.69, 9.17) is 4.74 Å². The van der Waals surface area contributed by atoms with Gasteiger partial charge in [-0.2, -0.15) is 18.5 Å². The van der Waals surface area contributed by atoms with Crippen LogP contribution in [0.5, 0.6) is 0 Å². The fourth-order valence-electron chi connectivity index (χ4n) is 5.70. The van der Waals surface area contributed by atoms with Gasteiger partial charge < -0.3 is 14.5 Å². The Labute approximate surface area is 237 Å². The predicted molar refractivity (Wildman–Crippen MR) is 153 cm³/mol. The van der Waals surface area contributed by atoms with Crippen molar-refractivity contribution in [2.45, 2.75) is 30.8 Å². The minimum absolute atomic E-state index is 0. The monoisotopic (exact) mass is 592 g/mol. The van der Waals surface area contributed by atoms with Gasteiger partial charge in [0.2, 0.25) is 5.91 Å². The number of carbonyl (C=O) groups is 1. The smallest absolute Gasteiger partial charge is 0.350 e. The number of anilines is 1. The van der Waals surface area contributed by atoms with E-state index >= 15 is 4.39 Å². The molecule has 0 radical (unpaired) electrons. The number of sulfone groups is 1. The summed E-state index contributed by atoms with van der Waals surface area (Å²) in [6.07, 6.45) is 1.25. The zero-order valence-corrected chi connectivity index (χ0v) is 24.1. The first-order valence-electron chi connectivity index (χ1n) is 12.4. The number of aryl methyl sites for hydroxylation is 1. The topological polar surface area (TPSA) is 102 Å². The van der Waals surface area contributed by atoms with Crippen LogP contribution in [0.2, 0.25) is 0 Å². The van der Waals surface area contributed by atoms with E-state index in [-0.39, 0.29) is 59.4 Å². The van der Waals surface area contributed by atoms with Crippen LogP contribution in [0, 0.1) is 18.6 Å². The van der Waals surface area contributed by atoms with E-state index in [0.717, 1.165) is 6.07 Å². The second kappa shape index (κ2) is 10.9. The maximum Gasteiger partial charge on any atom is 0.350 e. The molecule has 0 spiro atoms. The zero-order valence-electron chi connectivity index (χ0n) is 22.3. The summed E-state index contributed by atoms with van der Waals surface area (Å²) < 4.78 is 63.0. The number of halogens is 2. The highest BCUT2D eigenvalue weighted by Gasteiger charge is 2.39. The summed E-state index contributed by atoms with van der Waals surface area (Å²) in [5.74, 6) is -2.07. The Balaban J connectivity index is 0.00000370. The lowest BCUT2D eigenvalue weighted by atomic mass is 9.96. The van der Waals surface area contributed by atoms with E-state index in [1.165, 1.54) is 23.8 Å². The molecule has 1 fully saturated rings. The molecule has 0 saturated carbocycles. The predicted octanol–water partition coefficient (Wildman–Crippen LogP) is 2.96. The Morgan fingerprint density at radius 2 is 1.98 bits per heavy atom. The Morgan fingerprint density at radius 1 is 1.25 bits per heavy atom. The Bertz CT molecular complexity index is 1690. The zero-order chi connectivity index (χ0) is 28.2. The third kappa shape index (κ3) is 4.79. The molecule has 5 rings (SSSR count). The third-order valence-corrected chi connectivity index (χ3v) is 9.22. The number of nitrogens with zero attached hydrogens (tertiary/aromatic N) is 4. The molecular formula is C27H30F2N4O5S2. The molecule has 214 valence electrons. The number of ether oxygens (including phenoxy) is 1. The molecule has 9 nitrogen and oxygen atoms in total. The van der Waals surface area contributed by atoms with Crippen molar-refractivity contribution < 1.29 is 26.7 Å². The average Bonchev–Trinajstić information content (AvgIpc) is 2.87. The Morgan fingerprint density at radius 3 is 2.60 bits per heavy atom. The molecule has 1 aromatic heterocycles. The minimum atomic E-state index is -4.06.